The Bertz CT molecular complexity index is 462. The van der Waals surface area contributed by atoms with E-state index < -0.39 is 23.7 Å². The van der Waals surface area contributed by atoms with Crippen molar-refractivity contribution < 1.29 is 24.0 Å². The van der Waals surface area contributed by atoms with Gasteiger partial charge in [-0.1, -0.05) is 0 Å². The predicted molar refractivity (Wildman–Crippen MR) is 63.8 cm³/mol. The van der Waals surface area contributed by atoms with Crippen molar-refractivity contribution in [3.63, 3.8) is 0 Å². The lowest BCUT2D eigenvalue weighted by Gasteiger charge is -2.23. The summed E-state index contributed by atoms with van der Waals surface area (Å²) < 4.78 is 8.41. The van der Waals surface area contributed by atoms with E-state index in [1.807, 2.05) is 7.05 Å². The lowest BCUT2D eigenvalue weighted by atomic mass is 10.2. The summed E-state index contributed by atoms with van der Waals surface area (Å²) in [7, 11) is 1.81. The first-order chi connectivity index (χ1) is 8.67. The lowest BCUT2D eigenvalue weighted by Crippen LogP contribution is -2.51. The van der Waals surface area contributed by atoms with Crippen molar-refractivity contribution in [1.82, 2.24) is 9.88 Å². The molecule has 1 amide bonds. The Morgan fingerprint density at radius 1 is 1.47 bits per heavy atom. The van der Waals surface area contributed by atoms with Crippen molar-refractivity contribution in [3.8, 4) is 0 Å². The summed E-state index contributed by atoms with van der Waals surface area (Å²) in [5.74, 6) is -1.36. The number of aromatic nitrogens is 2. The molecule has 0 bridgehead atoms. The van der Waals surface area contributed by atoms with Gasteiger partial charge in [-0.05, 0) is 20.8 Å². The molecule has 1 rings (SSSR count). The molecule has 1 aromatic rings. The Labute approximate surface area is 111 Å². The molecule has 1 atom stereocenters. The smallest absolute Gasteiger partial charge is 0.408 e. The molecule has 1 heterocycles. The fraction of sp³-hybridized carbons (Fsp3) is 0.583. The van der Waals surface area contributed by atoms with Gasteiger partial charge in [-0.15, -0.1) is 0 Å². The van der Waals surface area contributed by atoms with Crippen LogP contribution in [0.3, 0.4) is 0 Å². The number of carbonyl (C=O) groups excluding carboxylic acids is 2. The predicted octanol–water partition coefficient (Wildman–Crippen LogP) is -1.04. The van der Waals surface area contributed by atoms with Crippen molar-refractivity contribution in [3.05, 3.63) is 18.7 Å². The molecular formula is C12H19N3O4. The number of hydrogen-bond acceptors (Lipinski definition) is 4. The minimum atomic E-state index is -1.36. The standard InChI is InChI=1S/C12H19N3O4/c1-12(2,3)19-11(18)13-9(10(16)17)7-15-6-5-14(4)8-15/h5-6,8-9H,7H2,1-4H3,(H-,13,16,17,18)/t9-/m0/s1. The minimum absolute atomic E-state index is 0.0718. The Kier molecular flexibility index (Phi) is 4.52. The topological polar surface area (TPSA) is 87.3 Å². The van der Waals surface area contributed by atoms with Gasteiger partial charge < -0.3 is 20.0 Å². The van der Waals surface area contributed by atoms with E-state index in [0.717, 1.165) is 0 Å². The maximum absolute atomic E-state index is 11.5. The molecule has 1 aromatic heterocycles. The van der Waals surface area contributed by atoms with E-state index in [4.69, 9.17) is 4.74 Å². The summed E-state index contributed by atoms with van der Waals surface area (Å²) >= 11 is 0. The number of carboxylic acid groups (broad SMARTS) is 1. The second kappa shape index (κ2) is 5.73. The fourth-order valence-electron chi connectivity index (χ4n) is 1.45. The van der Waals surface area contributed by atoms with Crippen LogP contribution in [0.25, 0.3) is 0 Å². The molecule has 19 heavy (non-hydrogen) atoms. The number of hydrogen-bond donors (Lipinski definition) is 1. The van der Waals surface area contributed by atoms with Gasteiger partial charge in [0.2, 0.25) is 6.33 Å². The molecule has 0 spiro atoms. The third kappa shape index (κ3) is 5.41. The maximum Gasteiger partial charge on any atom is 0.408 e. The largest absolute Gasteiger partial charge is 0.548 e. The van der Waals surface area contributed by atoms with E-state index in [9.17, 15) is 14.7 Å². The zero-order valence-electron chi connectivity index (χ0n) is 11.5. The number of rotatable bonds is 4. The van der Waals surface area contributed by atoms with E-state index in [1.54, 1.807) is 48.6 Å². The van der Waals surface area contributed by atoms with Crippen LogP contribution in [0.5, 0.6) is 0 Å². The van der Waals surface area contributed by atoms with Gasteiger partial charge in [-0.25, -0.2) is 13.9 Å². The summed E-state index contributed by atoms with van der Waals surface area (Å²) in [5, 5.41) is 13.3. The van der Waals surface area contributed by atoms with Crippen LogP contribution in [0.1, 0.15) is 20.8 Å². The van der Waals surface area contributed by atoms with Gasteiger partial charge in [-0.2, -0.15) is 0 Å². The van der Waals surface area contributed by atoms with Gasteiger partial charge in [0.25, 0.3) is 0 Å². The SMILES string of the molecule is C[n+]1ccn(C[C@H](NC(=O)OC(C)(C)C)C(=O)[O-])c1. The Morgan fingerprint density at radius 3 is 2.53 bits per heavy atom. The molecule has 1 N–H and O–H groups in total. The second-order valence-electron chi connectivity index (χ2n) is 5.29. The van der Waals surface area contributed by atoms with E-state index in [0.29, 0.717) is 0 Å². The number of aliphatic carboxylic acids is 1. The molecule has 0 unspecified atom stereocenters. The number of imidazole rings is 1. The summed E-state index contributed by atoms with van der Waals surface area (Å²) in [6, 6.07) is -1.15. The second-order valence-corrected chi connectivity index (χ2v) is 5.29. The average Bonchev–Trinajstić information content (AvgIpc) is 2.60. The Hall–Kier alpha value is -2.05. The molecule has 0 radical (unpaired) electrons. The number of aryl methyl sites for hydroxylation is 1. The highest BCUT2D eigenvalue weighted by Gasteiger charge is 2.21. The van der Waals surface area contributed by atoms with Gasteiger partial charge in [-0.3, -0.25) is 0 Å². The highest BCUT2D eigenvalue weighted by molar-refractivity contribution is 5.78. The minimum Gasteiger partial charge on any atom is -0.548 e. The molecule has 106 valence electrons. The average molecular weight is 269 g/mol. The van der Waals surface area contributed by atoms with Crippen LogP contribution >= 0.6 is 0 Å². The van der Waals surface area contributed by atoms with Crippen LogP contribution in [0.15, 0.2) is 18.7 Å². The van der Waals surface area contributed by atoms with E-state index in [2.05, 4.69) is 5.32 Å². The third-order valence-corrected chi connectivity index (χ3v) is 2.19. The number of ether oxygens (including phenoxy) is 1. The molecule has 7 nitrogen and oxygen atoms in total. The molecule has 7 heteroatoms. The van der Waals surface area contributed by atoms with Crippen molar-refractivity contribution in [2.75, 3.05) is 0 Å². The first-order valence-electron chi connectivity index (χ1n) is 5.89. The van der Waals surface area contributed by atoms with Gasteiger partial charge >= 0.3 is 6.09 Å². The van der Waals surface area contributed by atoms with Gasteiger partial charge in [0, 0.05) is 0 Å². The zero-order valence-corrected chi connectivity index (χ0v) is 11.5. The fourth-order valence-corrected chi connectivity index (χ4v) is 1.45. The van der Waals surface area contributed by atoms with Crippen molar-refractivity contribution >= 4 is 12.1 Å². The molecule has 0 aromatic carbocycles. The highest BCUT2D eigenvalue weighted by Crippen LogP contribution is 2.06. The van der Waals surface area contributed by atoms with Crippen LogP contribution in [0.2, 0.25) is 0 Å². The normalized spacial score (nSPS) is 12.8. The molecule has 0 aliphatic heterocycles. The number of nitrogens with one attached hydrogen (secondary N) is 1. The molecule has 0 aliphatic carbocycles. The number of nitrogens with zero attached hydrogens (tertiary/aromatic N) is 2. The van der Waals surface area contributed by atoms with Gasteiger partial charge in [0.05, 0.1) is 13.0 Å². The van der Waals surface area contributed by atoms with Gasteiger partial charge in [0.1, 0.15) is 30.6 Å². The zero-order chi connectivity index (χ0) is 14.6. The molecular weight excluding hydrogens is 250 g/mol. The van der Waals surface area contributed by atoms with E-state index in [-0.39, 0.29) is 6.54 Å². The first-order valence-corrected chi connectivity index (χ1v) is 5.89. The first kappa shape index (κ1) is 15.0. The number of amides is 1. The lowest BCUT2D eigenvalue weighted by molar-refractivity contribution is -0.671. The number of carbonyl (C=O) groups is 2. The Morgan fingerprint density at radius 2 is 2.11 bits per heavy atom. The summed E-state index contributed by atoms with van der Waals surface area (Å²) in [6.45, 7) is 5.17. The molecule has 0 aliphatic rings. The molecule has 0 fully saturated rings. The maximum atomic E-state index is 11.5. The van der Waals surface area contributed by atoms with Crippen LogP contribution in [0, 0.1) is 0 Å². The quantitative estimate of drug-likeness (QED) is 0.707. The number of carboxylic acids is 1. The summed E-state index contributed by atoms with van der Waals surface area (Å²) in [4.78, 5) is 22.5. The monoisotopic (exact) mass is 269 g/mol. The van der Waals surface area contributed by atoms with Crippen molar-refractivity contribution in [2.24, 2.45) is 7.05 Å². The summed E-state index contributed by atoms with van der Waals surface area (Å²) in [6.07, 6.45) is 4.39. The van der Waals surface area contributed by atoms with E-state index >= 15 is 0 Å². The van der Waals surface area contributed by atoms with Gasteiger partial charge in [0.15, 0.2) is 0 Å². The van der Waals surface area contributed by atoms with Crippen molar-refractivity contribution in [2.45, 2.75) is 39.0 Å². The van der Waals surface area contributed by atoms with Crippen LogP contribution in [-0.4, -0.2) is 28.3 Å². The van der Waals surface area contributed by atoms with Crippen LogP contribution < -0.4 is 15.0 Å². The molecule has 0 saturated heterocycles. The third-order valence-electron chi connectivity index (χ3n) is 2.19. The van der Waals surface area contributed by atoms with Crippen LogP contribution in [-0.2, 0) is 23.1 Å². The highest BCUT2D eigenvalue weighted by atomic mass is 16.6. The Balaban J connectivity index is 2.63. The van der Waals surface area contributed by atoms with Crippen molar-refractivity contribution in [1.29, 1.82) is 0 Å². The summed E-state index contributed by atoms with van der Waals surface area (Å²) in [5.41, 5.74) is -0.680. The van der Waals surface area contributed by atoms with E-state index in [1.165, 1.54) is 0 Å². The van der Waals surface area contributed by atoms with Crippen LogP contribution in [0.4, 0.5) is 4.79 Å². The number of alkyl carbamates (subject to hydrolysis) is 1. The molecule has 0 saturated carbocycles.